The van der Waals surface area contributed by atoms with Crippen LogP contribution >= 0.6 is 0 Å². The molecule has 0 saturated heterocycles. The quantitative estimate of drug-likeness (QED) is 0.206. The van der Waals surface area contributed by atoms with Gasteiger partial charge >= 0.3 is 0 Å². The lowest BCUT2D eigenvalue weighted by molar-refractivity contribution is 0.794. The summed E-state index contributed by atoms with van der Waals surface area (Å²) < 4.78 is 0. The highest BCUT2D eigenvalue weighted by Crippen LogP contribution is 2.64. The molecule has 8 aromatic rings. The van der Waals surface area contributed by atoms with Crippen molar-refractivity contribution in [1.82, 2.24) is 4.98 Å². The molecule has 0 bridgehead atoms. The molecule has 0 fully saturated rings. The van der Waals surface area contributed by atoms with Crippen LogP contribution in [0.3, 0.4) is 0 Å². The van der Waals surface area contributed by atoms with Crippen LogP contribution in [0.2, 0.25) is 0 Å². The minimum Gasteiger partial charge on any atom is -0.381 e. The smallest absolute Gasteiger partial charge is 0.0736 e. The summed E-state index contributed by atoms with van der Waals surface area (Å²) in [6, 6.07) is 60.4. The zero-order valence-electron chi connectivity index (χ0n) is 27.9. The number of para-hydroxylation sites is 1. The van der Waals surface area contributed by atoms with Gasteiger partial charge in [0.15, 0.2) is 0 Å². The van der Waals surface area contributed by atoms with Crippen LogP contribution in [-0.4, -0.2) is 11.5 Å². The zero-order valence-corrected chi connectivity index (χ0v) is 27.9. The number of aromatic nitrogens is 1. The fourth-order valence-corrected chi connectivity index (χ4v) is 9.24. The van der Waals surface area contributed by atoms with Gasteiger partial charge in [-0.2, -0.15) is 0 Å². The second-order valence-corrected chi connectivity index (χ2v) is 13.8. The average Bonchev–Trinajstić information content (AvgIpc) is 3.68. The monoisotopic (exact) mass is 648 g/mol. The van der Waals surface area contributed by atoms with E-state index >= 15 is 0 Å². The van der Waals surface area contributed by atoms with Gasteiger partial charge in [-0.05, 0) is 84.1 Å². The number of pyridine rings is 1. The van der Waals surface area contributed by atoms with Crippen LogP contribution in [0.5, 0.6) is 0 Å². The van der Waals surface area contributed by atoms with Crippen LogP contribution < -0.4 is 5.32 Å². The van der Waals surface area contributed by atoms with Crippen molar-refractivity contribution >= 4 is 22.5 Å². The lowest BCUT2D eigenvalue weighted by Crippen LogP contribution is -2.25. The van der Waals surface area contributed by atoms with E-state index in [9.17, 15) is 0 Å². The van der Waals surface area contributed by atoms with Crippen molar-refractivity contribution in [2.45, 2.75) is 5.41 Å². The highest BCUT2D eigenvalue weighted by Gasteiger charge is 2.52. The molecule has 2 heteroatoms. The molecule has 1 aromatic heterocycles. The molecule has 2 nitrogen and oxygen atoms in total. The largest absolute Gasteiger partial charge is 0.381 e. The Kier molecular flexibility index (Phi) is 5.97. The van der Waals surface area contributed by atoms with Gasteiger partial charge in [0.25, 0.3) is 0 Å². The lowest BCUT2D eigenvalue weighted by atomic mass is 9.70. The number of rotatable bonds is 3. The second kappa shape index (κ2) is 10.7. The Morgan fingerprint density at radius 3 is 1.98 bits per heavy atom. The van der Waals surface area contributed by atoms with Crippen molar-refractivity contribution in [3.8, 4) is 55.9 Å². The van der Waals surface area contributed by atoms with Crippen molar-refractivity contribution in [2.24, 2.45) is 0 Å². The van der Waals surface area contributed by atoms with E-state index in [1.807, 2.05) is 0 Å². The Bertz CT molecular complexity index is 2760. The Morgan fingerprint density at radius 2 is 1.12 bits per heavy atom. The molecule has 11 rings (SSSR count). The van der Waals surface area contributed by atoms with Gasteiger partial charge in [-0.15, -0.1) is 0 Å². The Hall–Kier alpha value is -6.51. The third-order valence-electron chi connectivity index (χ3n) is 11.3. The Morgan fingerprint density at radius 1 is 0.471 bits per heavy atom. The van der Waals surface area contributed by atoms with Crippen molar-refractivity contribution in [3.63, 3.8) is 0 Å². The van der Waals surface area contributed by atoms with Crippen molar-refractivity contribution in [1.29, 1.82) is 0 Å². The predicted molar refractivity (Wildman–Crippen MR) is 212 cm³/mol. The summed E-state index contributed by atoms with van der Waals surface area (Å²) in [7, 11) is 0. The van der Waals surface area contributed by atoms with Crippen LogP contribution in [-0.2, 0) is 5.41 Å². The maximum Gasteiger partial charge on any atom is 0.0736 e. The fourth-order valence-electron chi connectivity index (χ4n) is 9.24. The minimum absolute atomic E-state index is 0.426. The first kappa shape index (κ1) is 28.3. The number of hydrogen-bond donors (Lipinski definition) is 1. The molecular formula is C49H32N2. The van der Waals surface area contributed by atoms with Crippen LogP contribution in [0, 0.1) is 0 Å². The van der Waals surface area contributed by atoms with E-state index < -0.39 is 5.41 Å². The number of hydrogen-bond acceptors (Lipinski definition) is 2. The fraction of sp³-hybridized carbons (Fsp3) is 0.0408. The summed E-state index contributed by atoms with van der Waals surface area (Å²) in [5.41, 5.74) is 19.1. The summed E-state index contributed by atoms with van der Waals surface area (Å²) in [5, 5.41) is 6.22. The first-order valence-electron chi connectivity index (χ1n) is 17.8. The van der Waals surface area contributed by atoms with E-state index in [0.29, 0.717) is 0 Å². The SMILES string of the molecule is C1=Cc2cccc(-c3cc(-c4cccc5c4-c4ccccc4C54c5ccccc5-c5c4ccc4ccccc54)cc(-c4ccccc4)n3)c2NC1. The molecular weight excluding hydrogens is 617 g/mol. The lowest BCUT2D eigenvalue weighted by Gasteiger charge is -2.30. The van der Waals surface area contributed by atoms with Gasteiger partial charge in [-0.25, -0.2) is 4.98 Å². The Balaban J connectivity index is 1.22. The molecule has 7 aromatic carbocycles. The van der Waals surface area contributed by atoms with Gasteiger partial charge in [0.2, 0.25) is 0 Å². The normalized spacial score (nSPS) is 15.9. The van der Waals surface area contributed by atoms with Gasteiger partial charge in [-0.3, -0.25) is 0 Å². The molecule has 2 aliphatic carbocycles. The summed E-state index contributed by atoms with van der Waals surface area (Å²) in [5.74, 6) is 0. The topological polar surface area (TPSA) is 24.9 Å². The predicted octanol–water partition coefficient (Wildman–Crippen LogP) is 12.0. The molecule has 2 heterocycles. The molecule has 1 unspecified atom stereocenters. The Labute approximate surface area is 297 Å². The van der Waals surface area contributed by atoms with Crippen molar-refractivity contribution in [2.75, 3.05) is 11.9 Å². The molecule has 1 N–H and O–H groups in total. The van der Waals surface area contributed by atoms with Gasteiger partial charge in [0, 0.05) is 17.7 Å². The standard InChI is InChI=1S/C49H32N2/c1-2-14-32(15-3-1)44-29-34(30-45(51-44)39-22-10-16-33-17-12-28-50-48(33)39)36-21-11-25-42-47(36)38-20-7-9-24-41(38)49(42)40-23-8-6-19-37(40)46-35-18-5-4-13-31(35)26-27-43(46)49/h1-27,29-30,50H,28H2. The van der Waals surface area contributed by atoms with E-state index in [-0.39, 0.29) is 0 Å². The van der Waals surface area contributed by atoms with Gasteiger partial charge in [0.1, 0.15) is 0 Å². The maximum absolute atomic E-state index is 5.34. The van der Waals surface area contributed by atoms with Gasteiger partial charge in [0.05, 0.1) is 22.5 Å². The summed E-state index contributed by atoms with van der Waals surface area (Å²) in [6.07, 6.45) is 4.38. The third kappa shape index (κ3) is 3.90. The minimum atomic E-state index is -0.426. The van der Waals surface area contributed by atoms with E-state index in [4.69, 9.17) is 4.98 Å². The second-order valence-electron chi connectivity index (χ2n) is 13.8. The highest BCUT2D eigenvalue weighted by molar-refractivity contribution is 6.07. The van der Waals surface area contributed by atoms with E-state index in [2.05, 4.69) is 181 Å². The van der Waals surface area contributed by atoms with Crippen LogP contribution in [0.4, 0.5) is 5.69 Å². The van der Waals surface area contributed by atoms with Gasteiger partial charge in [-0.1, -0.05) is 164 Å². The number of fused-ring (bicyclic) bond motifs is 13. The van der Waals surface area contributed by atoms with E-state index in [0.717, 1.165) is 40.3 Å². The van der Waals surface area contributed by atoms with Crippen LogP contribution in [0.1, 0.15) is 27.8 Å². The first-order valence-corrected chi connectivity index (χ1v) is 17.8. The molecule has 51 heavy (non-hydrogen) atoms. The molecule has 238 valence electrons. The summed E-state index contributed by atoms with van der Waals surface area (Å²) >= 11 is 0. The highest BCUT2D eigenvalue weighted by atomic mass is 14.9. The zero-order chi connectivity index (χ0) is 33.5. The summed E-state index contributed by atoms with van der Waals surface area (Å²) in [4.78, 5) is 5.34. The van der Waals surface area contributed by atoms with E-state index in [1.165, 1.54) is 66.4 Å². The molecule has 0 saturated carbocycles. The average molecular weight is 649 g/mol. The molecule has 0 radical (unpaired) electrons. The molecule has 3 aliphatic rings. The molecule has 1 aliphatic heterocycles. The molecule has 1 atom stereocenters. The first-order chi connectivity index (χ1) is 25.3. The molecule has 1 spiro atoms. The number of nitrogens with one attached hydrogen (secondary N) is 1. The van der Waals surface area contributed by atoms with Crippen LogP contribution in [0.25, 0.3) is 72.7 Å². The van der Waals surface area contributed by atoms with Crippen molar-refractivity contribution in [3.05, 3.63) is 198 Å². The maximum atomic E-state index is 5.34. The number of anilines is 1. The van der Waals surface area contributed by atoms with Crippen LogP contribution in [0.15, 0.2) is 170 Å². The molecule has 0 amide bonds. The number of nitrogens with zero attached hydrogens (tertiary/aromatic N) is 1. The third-order valence-corrected chi connectivity index (χ3v) is 11.3. The number of benzene rings is 7. The van der Waals surface area contributed by atoms with Gasteiger partial charge < -0.3 is 5.32 Å². The van der Waals surface area contributed by atoms with E-state index in [1.54, 1.807) is 0 Å². The van der Waals surface area contributed by atoms with Crippen molar-refractivity contribution < 1.29 is 0 Å². The summed E-state index contributed by atoms with van der Waals surface area (Å²) in [6.45, 7) is 0.804.